The number of hydrogen-bond acceptors (Lipinski definition) is 4. The molecule has 0 saturated heterocycles. The summed E-state index contributed by atoms with van der Waals surface area (Å²) in [5.74, 6) is -0.673. The molecule has 1 fully saturated rings. The molecule has 0 spiro atoms. The highest BCUT2D eigenvalue weighted by Gasteiger charge is 2.48. The van der Waals surface area contributed by atoms with Gasteiger partial charge in [-0.25, -0.2) is 0 Å². The van der Waals surface area contributed by atoms with Crippen LogP contribution in [0.1, 0.15) is 46.9 Å². The van der Waals surface area contributed by atoms with Crippen molar-refractivity contribution in [3.05, 3.63) is 47.5 Å². The Hall–Kier alpha value is -2.43. The van der Waals surface area contributed by atoms with E-state index in [0.29, 0.717) is 30.7 Å². The predicted molar refractivity (Wildman–Crippen MR) is 83.9 cm³/mol. The molecule has 0 radical (unpaired) electrons. The van der Waals surface area contributed by atoms with Gasteiger partial charge in [0.05, 0.1) is 23.1 Å². The zero-order valence-electron chi connectivity index (χ0n) is 13.1. The third-order valence-corrected chi connectivity index (χ3v) is 4.31. The number of hydrogen-bond donors (Lipinski definition) is 0. The normalized spacial score (nSPS) is 18.4. The van der Waals surface area contributed by atoms with Gasteiger partial charge in [-0.2, -0.15) is 0 Å². The van der Waals surface area contributed by atoms with Gasteiger partial charge >= 0.3 is 5.97 Å². The molecule has 1 saturated carbocycles. The second-order valence-corrected chi connectivity index (χ2v) is 5.88. The van der Waals surface area contributed by atoms with Gasteiger partial charge in [-0.3, -0.25) is 19.3 Å². The summed E-state index contributed by atoms with van der Waals surface area (Å²) < 4.78 is 5.07. The number of esters is 1. The minimum Gasteiger partial charge on any atom is -0.465 e. The number of carbonyl (C=O) groups is 3. The Labute approximate surface area is 134 Å². The van der Waals surface area contributed by atoms with Crippen molar-refractivity contribution in [2.45, 2.75) is 26.2 Å². The Morgan fingerprint density at radius 1 is 1.22 bits per heavy atom. The Morgan fingerprint density at radius 2 is 1.83 bits per heavy atom. The summed E-state index contributed by atoms with van der Waals surface area (Å²) in [5.41, 5.74) is 0.455. The number of fused-ring (bicyclic) bond motifs is 1. The summed E-state index contributed by atoms with van der Waals surface area (Å²) >= 11 is 0. The monoisotopic (exact) mass is 313 g/mol. The number of imide groups is 1. The van der Waals surface area contributed by atoms with E-state index in [1.165, 1.54) is 4.90 Å². The average Bonchev–Trinajstić information content (AvgIpc) is 3.31. The van der Waals surface area contributed by atoms with Gasteiger partial charge in [0.15, 0.2) is 0 Å². The number of nitrogens with zero attached hydrogens (tertiary/aromatic N) is 1. The van der Waals surface area contributed by atoms with E-state index in [-0.39, 0.29) is 17.8 Å². The van der Waals surface area contributed by atoms with Crippen molar-refractivity contribution in [3.8, 4) is 0 Å². The molecule has 23 heavy (non-hydrogen) atoms. The van der Waals surface area contributed by atoms with Crippen LogP contribution < -0.4 is 0 Å². The number of amides is 2. The fraction of sp³-hybridized carbons (Fsp3) is 0.389. The summed E-state index contributed by atoms with van der Waals surface area (Å²) in [4.78, 5) is 37.5. The van der Waals surface area contributed by atoms with E-state index in [4.69, 9.17) is 4.74 Å². The second kappa shape index (κ2) is 5.99. The number of rotatable bonds is 6. The van der Waals surface area contributed by atoms with Gasteiger partial charge in [-0.15, -0.1) is 0 Å². The number of carbonyl (C=O) groups excluding carboxylic acids is 3. The van der Waals surface area contributed by atoms with Gasteiger partial charge in [-0.1, -0.05) is 24.3 Å². The largest absolute Gasteiger partial charge is 0.465 e. The van der Waals surface area contributed by atoms with Crippen LogP contribution in [-0.2, 0) is 9.53 Å². The van der Waals surface area contributed by atoms with Crippen LogP contribution in [0, 0.1) is 5.41 Å². The molecule has 1 heterocycles. The zero-order valence-corrected chi connectivity index (χ0v) is 13.1. The molecule has 2 aliphatic rings. The molecule has 1 aliphatic carbocycles. The fourth-order valence-corrected chi connectivity index (χ4v) is 2.80. The van der Waals surface area contributed by atoms with Crippen molar-refractivity contribution in [3.63, 3.8) is 0 Å². The number of ether oxygens (including phenoxy) is 1. The van der Waals surface area contributed by atoms with Crippen molar-refractivity contribution in [1.29, 1.82) is 0 Å². The van der Waals surface area contributed by atoms with Gasteiger partial charge < -0.3 is 4.74 Å². The Morgan fingerprint density at radius 3 is 2.35 bits per heavy atom. The van der Waals surface area contributed by atoms with Crippen LogP contribution in [-0.4, -0.2) is 35.8 Å². The summed E-state index contributed by atoms with van der Waals surface area (Å²) in [5, 5.41) is 0. The third-order valence-electron chi connectivity index (χ3n) is 4.31. The van der Waals surface area contributed by atoms with Gasteiger partial charge in [0.2, 0.25) is 0 Å². The molecule has 5 nitrogen and oxygen atoms in total. The van der Waals surface area contributed by atoms with Gasteiger partial charge in [-0.05, 0) is 38.3 Å². The standard InChI is InChI=1S/C18H19NO4/c1-2-23-17(22)18(10-11-18)9-5-6-12-19-15(20)13-7-3-4-8-14(13)16(19)21/h3-5,7-9H,2,6,10-12H2,1H3. The summed E-state index contributed by atoms with van der Waals surface area (Å²) in [7, 11) is 0. The molecule has 1 aromatic rings. The molecule has 3 rings (SSSR count). The number of benzene rings is 1. The second-order valence-electron chi connectivity index (χ2n) is 5.88. The molecular formula is C18H19NO4. The van der Waals surface area contributed by atoms with Gasteiger partial charge in [0.1, 0.15) is 0 Å². The molecule has 2 amide bonds. The van der Waals surface area contributed by atoms with E-state index in [2.05, 4.69) is 0 Å². The average molecular weight is 313 g/mol. The zero-order chi connectivity index (χ0) is 16.4. The summed E-state index contributed by atoms with van der Waals surface area (Å²) in [6.07, 6.45) is 5.87. The third kappa shape index (κ3) is 2.79. The Bertz CT molecular complexity index is 653. The van der Waals surface area contributed by atoms with Gasteiger partial charge in [0, 0.05) is 6.54 Å². The van der Waals surface area contributed by atoms with Gasteiger partial charge in [0.25, 0.3) is 11.8 Å². The lowest BCUT2D eigenvalue weighted by Gasteiger charge is -2.12. The van der Waals surface area contributed by atoms with Crippen molar-refractivity contribution in [2.75, 3.05) is 13.2 Å². The minimum absolute atomic E-state index is 0.183. The Kier molecular flexibility index (Phi) is 4.03. The van der Waals surface area contributed by atoms with Crippen LogP contribution in [0.2, 0.25) is 0 Å². The lowest BCUT2D eigenvalue weighted by Crippen LogP contribution is -2.30. The van der Waals surface area contributed by atoms with E-state index in [0.717, 1.165) is 12.8 Å². The SMILES string of the molecule is CCOC(=O)C1(C=CCCN2C(=O)c3ccccc3C2=O)CC1. The van der Waals surface area contributed by atoms with Crippen LogP contribution in [0.5, 0.6) is 0 Å². The molecule has 0 N–H and O–H groups in total. The smallest absolute Gasteiger partial charge is 0.315 e. The lowest BCUT2D eigenvalue weighted by atomic mass is 10.1. The van der Waals surface area contributed by atoms with Crippen LogP contribution >= 0.6 is 0 Å². The highest BCUT2D eigenvalue weighted by atomic mass is 16.5. The minimum atomic E-state index is -0.474. The maximum Gasteiger partial charge on any atom is 0.315 e. The molecule has 120 valence electrons. The first kappa shape index (κ1) is 15.5. The maximum absolute atomic E-state index is 12.2. The highest BCUT2D eigenvalue weighted by molar-refractivity contribution is 6.21. The van der Waals surface area contributed by atoms with Crippen LogP contribution in [0.15, 0.2) is 36.4 Å². The van der Waals surface area contributed by atoms with E-state index in [1.807, 2.05) is 12.2 Å². The van der Waals surface area contributed by atoms with Crippen molar-refractivity contribution >= 4 is 17.8 Å². The topological polar surface area (TPSA) is 63.7 Å². The van der Waals surface area contributed by atoms with Crippen LogP contribution in [0.3, 0.4) is 0 Å². The summed E-state index contributed by atoms with van der Waals surface area (Å²) in [6.45, 7) is 2.49. The molecule has 0 unspecified atom stereocenters. The molecular weight excluding hydrogens is 294 g/mol. The van der Waals surface area contributed by atoms with Crippen molar-refractivity contribution in [2.24, 2.45) is 5.41 Å². The predicted octanol–water partition coefficient (Wildman–Crippen LogP) is 2.57. The quantitative estimate of drug-likeness (QED) is 0.460. The molecule has 1 aliphatic heterocycles. The first-order valence-corrected chi connectivity index (χ1v) is 7.89. The molecule has 0 aromatic heterocycles. The van der Waals surface area contributed by atoms with Crippen molar-refractivity contribution < 1.29 is 19.1 Å². The Balaban J connectivity index is 1.58. The lowest BCUT2D eigenvalue weighted by molar-refractivity contribution is -0.147. The van der Waals surface area contributed by atoms with E-state index >= 15 is 0 Å². The van der Waals surface area contributed by atoms with E-state index in [1.54, 1.807) is 31.2 Å². The van der Waals surface area contributed by atoms with Crippen LogP contribution in [0.4, 0.5) is 0 Å². The first-order chi connectivity index (χ1) is 11.1. The molecule has 0 atom stereocenters. The first-order valence-electron chi connectivity index (χ1n) is 7.89. The van der Waals surface area contributed by atoms with Crippen LogP contribution in [0.25, 0.3) is 0 Å². The fourth-order valence-electron chi connectivity index (χ4n) is 2.80. The van der Waals surface area contributed by atoms with E-state index < -0.39 is 5.41 Å². The van der Waals surface area contributed by atoms with E-state index in [9.17, 15) is 14.4 Å². The highest BCUT2D eigenvalue weighted by Crippen LogP contribution is 2.48. The molecule has 5 heteroatoms. The summed E-state index contributed by atoms with van der Waals surface area (Å²) in [6, 6.07) is 6.85. The van der Waals surface area contributed by atoms with Crippen molar-refractivity contribution in [1.82, 2.24) is 4.90 Å². The molecule has 1 aromatic carbocycles. The maximum atomic E-state index is 12.2. The molecule has 0 bridgehead atoms.